The van der Waals surface area contributed by atoms with Gasteiger partial charge in [0.25, 0.3) is 11.8 Å². The van der Waals surface area contributed by atoms with Gasteiger partial charge in [0.15, 0.2) is 35.3 Å². The van der Waals surface area contributed by atoms with Crippen molar-refractivity contribution in [1.29, 1.82) is 0 Å². The predicted molar refractivity (Wildman–Crippen MR) is 348 cm³/mol. The molecular formula is C61H52Cl3N9O15S4. The number of tetrazole rings is 1. The third-order valence-corrected chi connectivity index (χ3v) is 20.9. The van der Waals surface area contributed by atoms with Crippen LogP contribution in [0, 0.1) is 24.0 Å². The highest BCUT2D eigenvalue weighted by molar-refractivity contribution is 7.98. The number of halogens is 3. The third kappa shape index (κ3) is 16.6. The van der Waals surface area contributed by atoms with Crippen LogP contribution in [-0.4, -0.2) is 101 Å². The number of thioether (sulfide) groups is 1. The summed E-state index contributed by atoms with van der Waals surface area (Å²) in [7, 11) is -11.6. The molecule has 1 aromatic heterocycles. The molecule has 2 atom stereocenters. The first-order chi connectivity index (χ1) is 43.4. The summed E-state index contributed by atoms with van der Waals surface area (Å²) >= 11 is 19.5. The summed E-state index contributed by atoms with van der Waals surface area (Å²) in [5.41, 5.74) is 2.06. The van der Waals surface area contributed by atoms with Gasteiger partial charge in [-0.2, -0.15) is 4.68 Å². The van der Waals surface area contributed by atoms with E-state index in [1.165, 1.54) is 115 Å². The zero-order chi connectivity index (χ0) is 67.0. The van der Waals surface area contributed by atoms with Gasteiger partial charge in [-0.05, 0) is 135 Å². The van der Waals surface area contributed by atoms with Crippen LogP contribution in [0.3, 0.4) is 0 Å². The average molecular weight is 1390 g/mol. The maximum atomic E-state index is 13.5. The third-order valence-electron chi connectivity index (χ3n) is 13.5. The molecule has 9 aromatic rings. The topological polar surface area (TPSA) is 355 Å². The molecule has 0 aliphatic heterocycles. The summed E-state index contributed by atoms with van der Waals surface area (Å²) in [5.74, 6) is -4.55. The molecule has 4 amide bonds. The van der Waals surface area contributed by atoms with Gasteiger partial charge in [0.2, 0.25) is 22.7 Å². The van der Waals surface area contributed by atoms with Crippen LogP contribution >= 0.6 is 46.6 Å². The number of amides is 4. The van der Waals surface area contributed by atoms with E-state index in [0.29, 0.717) is 10.7 Å². The van der Waals surface area contributed by atoms with Crippen molar-refractivity contribution < 1.29 is 64.3 Å². The number of aromatic hydroxyl groups is 2. The Morgan fingerprint density at radius 2 is 1.10 bits per heavy atom. The lowest BCUT2D eigenvalue weighted by molar-refractivity contribution is -0.385. The summed E-state index contributed by atoms with van der Waals surface area (Å²) < 4.78 is 83.0. The Morgan fingerprint density at radius 3 is 1.64 bits per heavy atom. The molecule has 1 heterocycles. The van der Waals surface area contributed by atoms with Crippen LogP contribution in [0.1, 0.15) is 51.3 Å². The highest BCUT2D eigenvalue weighted by Gasteiger charge is 2.33. The number of ether oxygens (including phenoxy) is 1. The number of nitro benzene ring substituents is 1. The highest BCUT2D eigenvalue weighted by atomic mass is 35.5. The number of nitro groups is 1. The fourth-order valence-electron chi connectivity index (χ4n) is 8.25. The Bertz CT molecular complexity index is 4690. The lowest BCUT2D eigenvalue weighted by Gasteiger charge is -2.18. The van der Waals surface area contributed by atoms with Crippen LogP contribution in [0.2, 0.25) is 15.1 Å². The minimum atomic E-state index is -4.18. The highest BCUT2D eigenvalue weighted by Crippen LogP contribution is 2.42. The first kappa shape index (κ1) is 68.5. The van der Waals surface area contributed by atoms with Crippen LogP contribution in [0.4, 0.5) is 28.4 Å². The number of nitrogens with one attached hydrogen (secondary N) is 4. The van der Waals surface area contributed by atoms with Gasteiger partial charge >= 0.3 is 5.69 Å². The Morgan fingerprint density at radius 1 is 0.587 bits per heavy atom. The van der Waals surface area contributed by atoms with E-state index in [2.05, 4.69) is 36.8 Å². The SMILES string of the molecule is Cc1ccc(S(=O)(=O)C(C)C(=O)Nc2cc(O)c(NC(=O)c3ccc(Cl)c(Cl)c3)cc2Oc2ccc(CSc3nnnn3-c3ccccc3)cc2[N+](=O)[O-])cc1.Cc1ccc(S(=O)(=O)C(C)C(=O)Nc2cc(O)c(NC(=O)c3ccc(S(C)(=O)=O)cc3)cc2Cl)cc1. The van der Waals surface area contributed by atoms with E-state index in [-0.39, 0.29) is 80.9 Å². The normalized spacial score (nSPS) is 12.1. The number of aromatic nitrogens is 4. The number of para-hydroxylation sites is 1. The van der Waals surface area contributed by atoms with Gasteiger partial charge in [-0.3, -0.25) is 29.3 Å². The number of anilines is 4. The second-order valence-electron chi connectivity index (χ2n) is 20.2. The van der Waals surface area contributed by atoms with Crippen LogP contribution in [-0.2, 0) is 44.9 Å². The molecule has 92 heavy (non-hydrogen) atoms. The van der Waals surface area contributed by atoms with Gasteiger partial charge in [-0.1, -0.05) is 106 Å². The molecule has 31 heteroatoms. The summed E-state index contributed by atoms with van der Waals surface area (Å²) in [5, 5.41) is 52.9. The van der Waals surface area contributed by atoms with Gasteiger partial charge in [-0.15, -0.1) is 5.10 Å². The van der Waals surface area contributed by atoms with Crippen molar-refractivity contribution in [2.45, 2.75) is 63.8 Å². The molecule has 0 aliphatic rings. The number of hydrogen-bond acceptors (Lipinski definition) is 19. The van der Waals surface area contributed by atoms with Gasteiger partial charge in [0.05, 0.1) is 63.1 Å². The van der Waals surface area contributed by atoms with Crippen molar-refractivity contribution >= 4 is 128 Å². The number of carbonyl (C=O) groups is 4. The second kappa shape index (κ2) is 28.8. The van der Waals surface area contributed by atoms with Gasteiger partial charge in [0.1, 0.15) is 22.0 Å². The van der Waals surface area contributed by atoms with E-state index in [4.69, 9.17) is 39.5 Å². The van der Waals surface area contributed by atoms with Gasteiger partial charge in [0, 0.05) is 47.4 Å². The van der Waals surface area contributed by atoms with Gasteiger partial charge < -0.3 is 36.2 Å². The first-order valence-corrected chi connectivity index (χ1v) is 33.9. The number of phenolic OH excluding ortho intramolecular Hbond substituents is 2. The summed E-state index contributed by atoms with van der Waals surface area (Å²) in [6.45, 7) is 6.02. The molecule has 0 saturated heterocycles. The maximum Gasteiger partial charge on any atom is 0.311 e. The standard InChI is InChI=1S/C37H29Cl2N7O8S2.C24H23ClN2O7S2/c1-21-8-12-26(13-9-21)56(52,53)22(2)35(48)41-30-18-32(47)29(40-36(49)24-11-14-27(38)28(39)17-24)19-34(30)54-33-15-10-23(16-31(33)46(50)51)20-55-37-42-43-44-45(37)25-6-4-3-5-7-25;1-14-4-8-18(9-5-14)36(33,34)15(2)23(29)26-20-13-22(28)21(12-19(20)25)27-24(30)16-6-10-17(11-7-16)35(3,31)32/h3-19,22,47H,20H2,1-2H3,(H,40,49)(H,41,48);4-13,15,28H,1-3H3,(H,26,29)(H,27,30). The molecular weight excluding hydrogens is 1330 g/mol. The monoisotopic (exact) mass is 1380 g/mol. The van der Waals surface area contributed by atoms with Crippen LogP contribution in [0.5, 0.6) is 23.0 Å². The number of benzene rings is 8. The van der Waals surface area contributed by atoms with E-state index in [1.807, 2.05) is 37.3 Å². The van der Waals surface area contributed by atoms with Crippen molar-refractivity contribution in [2.24, 2.45) is 0 Å². The summed E-state index contributed by atoms with van der Waals surface area (Å²) in [6.07, 6.45) is 1.04. The van der Waals surface area contributed by atoms with E-state index >= 15 is 0 Å². The quantitative estimate of drug-likeness (QED) is 0.0179. The number of phenols is 2. The van der Waals surface area contributed by atoms with Crippen LogP contribution in [0.25, 0.3) is 5.69 Å². The molecule has 476 valence electrons. The van der Waals surface area contributed by atoms with E-state index in [9.17, 15) is 64.8 Å². The Labute approximate surface area is 545 Å². The molecule has 2 unspecified atom stereocenters. The number of hydrogen-bond donors (Lipinski definition) is 6. The van der Waals surface area contributed by atoms with Gasteiger partial charge in [-0.25, -0.2) is 25.3 Å². The Kier molecular flexibility index (Phi) is 21.5. The maximum absolute atomic E-state index is 13.5. The molecule has 0 aliphatic carbocycles. The molecule has 24 nitrogen and oxygen atoms in total. The number of nitrogens with zero attached hydrogens (tertiary/aromatic N) is 5. The predicted octanol–water partition coefficient (Wildman–Crippen LogP) is 11.8. The minimum absolute atomic E-state index is 0.00711. The molecule has 0 saturated carbocycles. The van der Waals surface area contributed by atoms with E-state index in [0.717, 1.165) is 41.3 Å². The number of carbonyl (C=O) groups excluding carboxylic acids is 4. The fraction of sp³-hybridized carbons (Fsp3) is 0.131. The minimum Gasteiger partial charge on any atom is -0.506 e. The molecule has 0 bridgehead atoms. The van der Waals surface area contributed by atoms with Crippen LogP contribution < -0.4 is 26.0 Å². The van der Waals surface area contributed by atoms with Crippen molar-refractivity contribution in [3.05, 3.63) is 217 Å². The Balaban J connectivity index is 0.000000261. The van der Waals surface area contributed by atoms with E-state index in [1.54, 1.807) is 37.3 Å². The Hall–Kier alpha value is -9.42. The smallest absolute Gasteiger partial charge is 0.311 e. The first-order valence-electron chi connectivity index (χ1n) is 26.8. The van der Waals surface area contributed by atoms with Crippen molar-refractivity contribution in [3.63, 3.8) is 0 Å². The lowest BCUT2D eigenvalue weighted by Crippen LogP contribution is -2.32. The largest absolute Gasteiger partial charge is 0.506 e. The fourth-order valence-corrected chi connectivity index (χ4v) is 12.8. The molecule has 9 rings (SSSR count). The van der Waals surface area contributed by atoms with Crippen molar-refractivity contribution in [2.75, 3.05) is 27.5 Å². The summed E-state index contributed by atoms with van der Waals surface area (Å²) in [4.78, 5) is 63.4. The molecule has 8 aromatic carbocycles. The lowest BCUT2D eigenvalue weighted by atomic mass is 10.1. The van der Waals surface area contributed by atoms with Crippen molar-refractivity contribution in [3.8, 4) is 28.7 Å². The zero-order valence-electron chi connectivity index (χ0n) is 48.7. The van der Waals surface area contributed by atoms with Crippen LogP contribution in [0.15, 0.2) is 184 Å². The molecule has 0 spiro atoms. The summed E-state index contributed by atoms with van der Waals surface area (Å²) in [6, 6.07) is 39.1. The average Bonchev–Trinajstić information content (AvgIpc) is 0.976. The number of sulfone groups is 3. The molecule has 0 fully saturated rings. The van der Waals surface area contributed by atoms with E-state index < -0.39 is 85.8 Å². The molecule has 0 radical (unpaired) electrons. The zero-order valence-corrected chi connectivity index (χ0v) is 54.2. The number of rotatable bonds is 20. The second-order valence-corrected chi connectivity index (χ2v) is 28.9. The molecule has 6 N–H and O–H groups in total. The van der Waals surface area contributed by atoms with Crippen molar-refractivity contribution in [1.82, 2.24) is 20.2 Å². The number of aryl methyl sites for hydroxylation is 2.